The fourth-order valence-electron chi connectivity index (χ4n) is 3.72. The standard InChI is InChI=1S/C21H22N2O3/c1-13-9-10-18-17(11-13)23-21(25)19(26-18)12-20(24)22-16-8-4-6-14-5-2-3-7-15(14)16/h2-3,5,7,9-11,16,19H,4,6,8,12H2,1H3,(H,22,24)(H,23,25). The monoisotopic (exact) mass is 350 g/mol. The van der Waals surface area contributed by atoms with Crippen LogP contribution in [0.2, 0.25) is 0 Å². The van der Waals surface area contributed by atoms with Crippen LogP contribution in [0.3, 0.4) is 0 Å². The van der Waals surface area contributed by atoms with Gasteiger partial charge in [-0.25, -0.2) is 0 Å². The van der Waals surface area contributed by atoms with Crippen LogP contribution in [0.1, 0.15) is 42.0 Å². The molecular weight excluding hydrogens is 328 g/mol. The summed E-state index contributed by atoms with van der Waals surface area (Å²) in [5.74, 6) is 0.167. The molecule has 26 heavy (non-hydrogen) atoms. The Morgan fingerprint density at radius 2 is 2.12 bits per heavy atom. The molecule has 1 heterocycles. The number of nitrogens with one attached hydrogen (secondary N) is 2. The van der Waals surface area contributed by atoms with Crippen LogP contribution in [-0.2, 0) is 16.0 Å². The topological polar surface area (TPSA) is 67.4 Å². The van der Waals surface area contributed by atoms with Crippen molar-refractivity contribution in [3.8, 4) is 5.75 Å². The second-order valence-electron chi connectivity index (χ2n) is 7.01. The molecule has 2 atom stereocenters. The number of fused-ring (bicyclic) bond motifs is 2. The molecule has 0 spiro atoms. The first-order valence-corrected chi connectivity index (χ1v) is 9.05. The molecule has 0 fully saturated rings. The molecule has 5 nitrogen and oxygen atoms in total. The number of carbonyl (C=O) groups excluding carboxylic acids is 2. The third-order valence-corrected chi connectivity index (χ3v) is 5.03. The highest BCUT2D eigenvalue weighted by molar-refractivity contribution is 6.00. The van der Waals surface area contributed by atoms with Crippen molar-refractivity contribution in [1.82, 2.24) is 5.32 Å². The number of anilines is 1. The zero-order valence-electron chi connectivity index (χ0n) is 14.7. The molecule has 1 aliphatic carbocycles. The molecule has 0 radical (unpaired) electrons. The molecule has 2 N–H and O–H groups in total. The van der Waals surface area contributed by atoms with E-state index in [1.54, 1.807) is 0 Å². The van der Waals surface area contributed by atoms with Gasteiger partial charge >= 0.3 is 0 Å². The van der Waals surface area contributed by atoms with Crippen LogP contribution in [-0.4, -0.2) is 17.9 Å². The number of rotatable bonds is 3. The van der Waals surface area contributed by atoms with E-state index in [-0.39, 0.29) is 24.3 Å². The predicted octanol–water partition coefficient (Wildman–Crippen LogP) is 3.28. The van der Waals surface area contributed by atoms with E-state index in [0.717, 1.165) is 24.8 Å². The van der Waals surface area contributed by atoms with E-state index in [1.807, 2.05) is 37.3 Å². The van der Waals surface area contributed by atoms with Crippen molar-refractivity contribution in [3.63, 3.8) is 0 Å². The summed E-state index contributed by atoms with van der Waals surface area (Å²) in [6.07, 6.45) is 2.23. The van der Waals surface area contributed by atoms with Gasteiger partial charge in [-0.3, -0.25) is 9.59 Å². The number of carbonyl (C=O) groups is 2. The first-order valence-electron chi connectivity index (χ1n) is 9.05. The van der Waals surface area contributed by atoms with Crippen molar-refractivity contribution in [2.45, 2.75) is 44.8 Å². The summed E-state index contributed by atoms with van der Waals surface area (Å²) in [6, 6.07) is 13.8. The molecule has 2 aliphatic rings. The van der Waals surface area contributed by atoms with Gasteiger partial charge in [0.25, 0.3) is 5.91 Å². The fraction of sp³-hybridized carbons (Fsp3) is 0.333. The molecule has 2 aromatic carbocycles. The molecule has 2 aromatic rings. The molecule has 0 saturated carbocycles. The molecule has 4 rings (SSSR count). The third-order valence-electron chi connectivity index (χ3n) is 5.03. The van der Waals surface area contributed by atoms with E-state index in [4.69, 9.17) is 4.74 Å². The fourth-order valence-corrected chi connectivity index (χ4v) is 3.72. The summed E-state index contributed by atoms with van der Waals surface area (Å²) in [6.45, 7) is 1.95. The summed E-state index contributed by atoms with van der Waals surface area (Å²) in [4.78, 5) is 24.8. The zero-order valence-corrected chi connectivity index (χ0v) is 14.7. The van der Waals surface area contributed by atoms with Gasteiger partial charge in [0.15, 0.2) is 6.10 Å². The first kappa shape index (κ1) is 16.6. The van der Waals surface area contributed by atoms with E-state index in [2.05, 4.69) is 22.8 Å². The molecular formula is C21H22N2O3. The van der Waals surface area contributed by atoms with Gasteiger partial charge in [-0.15, -0.1) is 0 Å². The lowest BCUT2D eigenvalue weighted by Gasteiger charge is -2.28. The van der Waals surface area contributed by atoms with Crippen LogP contribution >= 0.6 is 0 Å². The Morgan fingerprint density at radius 3 is 3.00 bits per heavy atom. The van der Waals surface area contributed by atoms with Gasteiger partial charge < -0.3 is 15.4 Å². The second-order valence-corrected chi connectivity index (χ2v) is 7.01. The van der Waals surface area contributed by atoms with Gasteiger partial charge in [-0.2, -0.15) is 0 Å². The minimum absolute atomic E-state index is 0.00837. The van der Waals surface area contributed by atoms with E-state index in [9.17, 15) is 9.59 Å². The smallest absolute Gasteiger partial charge is 0.266 e. The SMILES string of the molecule is Cc1ccc2c(c1)NC(=O)C(CC(=O)NC1CCCc3ccccc31)O2. The Kier molecular flexibility index (Phi) is 4.37. The number of hydrogen-bond donors (Lipinski definition) is 2. The number of benzene rings is 2. The molecule has 5 heteroatoms. The normalized spacial score (nSPS) is 21.0. The molecule has 134 valence electrons. The Balaban J connectivity index is 1.43. The Bertz CT molecular complexity index is 862. The summed E-state index contributed by atoms with van der Waals surface area (Å²) >= 11 is 0. The van der Waals surface area contributed by atoms with E-state index in [0.29, 0.717) is 11.4 Å². The average Bonchev–Trinajstić information content (AvgIpc) is 2.63. The van der Waals surface area contributed by atoms with Gasteiger partial charge in [0.2, 0.25) is 5.91 Å². The summed E-state index contributed by atoms with van der Waals surface area (Å²) in [5.41, 5.74) is 4.18. The number of ether oxygens (including phenoxy) is 1. The highest BCUT2D eigenvalue weighted by atomic mass is 16.5. The zero-order chi connectivity index (χ0) is 18.1. The van der Waals surface area contributed by atoms with Crippen molar-refractivity contribution in [2.75, 3.05) is 5.32 Å². The minimum atomic E-state index is -0.802. The second kappa shape index (κ2) is 6.83. The Labute approximate surface area is 152 Å². The number of aryl methyl sites for hydroxylation is 2. The molecule has 0 saturated heterocycles. The largest absolute Gasteiger partial charge is 0.478 e. The lowest BCUT2D eigenvalue weighted by Crippen LogP contribution is -2.42. The van der Waals surface area contributed by atoms with E-state index >= 15 is 0 Å². The maximum absolute atomic E-state index is 12.5. The third kappa shape index (κ3) is 3.29. The molecule has 2 unspecified atom stereocenters. The van der Waals surface area contributed by atoms with Crippen LogP contribution in [0.25, 0.3) is 0 Å². The number of hydrogen-bond acceptors (Lipinski definition) is 3. The van der Waals surface area contributed by atoms with Crippen LogP contribution in [0.5, 0.6) is 5.75 Å². The van der Waals surface area contributed by atoms with Crippen molar-refractivity contribution in [1.29, 1.82) is 0 Å². The molecule has 1 aliphatic heterocycles. The highest BCUT2D eigenvalue weighted by Crippen LogP contribution is 2.32. The van der Waals surface area contributed by atoms with Crippen molar-refractivity contribution < 1.29 is 14.3 Å². The lowest BCUT2D eigenvalue weighted by atomic mass is 9.87. The highest BCUT2D eigenvalue weighted by Gasteiger charge is 2.31. The van der Waals surface area contributed by atoms with Gasteiger partial charge in [0.1, 0.15) is 5.75 Å². The maximum atomic E-state index is 12.5. The summed E-state index contributed by atoms with van der Waals surface area (Å²) in [7, 11) is 0. The molecule has 0 aromatic heterocycles. The van der Waals surface area contributed by atoms with Crippen LogP contribution in [0, 0.1) is 6.92 Å². The van der Waals surface area contributed by atoms with Crippen molar-refractivity contribution in [2.24, 2.45) is 0 Å². The van der Waals surface area contributed by atoms with Gasteiger partial charge in [0, 0.05) is 0 Å². The quantitative estimate of drug-likeness (QED) is 0.893. The lowest BCUT2D eigenvalue weighted by molar-refractivity contribution is -0.131. The van der Waals surface area contributed by atoms with Crippen LogP contribution < -0.4 is 15.4 Å². The van der Waals surface area contributed by atoms with E-state index < -0.39 is 6.10 Å². The van der Waals surface area contributed by atoms with Crippen LogP contribution in [0.15, 0.2) is 42.5 Å². The van der Waals surface area contributed by atoms with Gasteiger partial charge in [-0.1, -0.05) is 30.3 Å². The van der Waals surface area contributed by atoms with E-state index in [1.165, 1.54) is 11.1 Å². The first-order chi connectivity index (χ1) is 12.6. The van der Waals surface area contributed by atoms with Crippen molar-refractivity contribution in [3.05, 3.63) is 59.2 Å². The molecule has 0 bridgehead atoms. The minimum Gasteiger partial charge on any atom is -0.478 e. The maximum Gasteiger partial charge on any atom is 0.266 e. The van der Waals surface area contributed by atoms with Gasteiger partial charge in [-0.05, 0) is 55.0 Å². The Morgan fingerprint density at radius 1 is 1.27 bits per heavy atom. The number of amides is 2. The average molecular weight is 350 g/mol. The van der Waals surface area contributed by atoms with Crippen LogP contribution in [0.4, 0.5) is 5.69 Å². The Hall–Kier alpha value is -2.82. The summed E-state index contributed by atoms with van der Waals surface area (Å²) in [5, 5.41) is 5.91. The summed E-state index contributed by atoms with van der Waals surface area (Å²) < 4.78 is 5.76. The predicted molar refractivity (Wildman–Crippen MR) is 99.1 cm³/mol. The molecule has 2 amide bonds. The van der Waals surface area contributed by atoms with Gasteiger partial charge in [0.05, 0.1) is 18.2 Å². The van der Waals surface area contributed by atoms with Crippen molar-refractivity contribution >= 4 is 17.5 Å².